The van der Waals surface area contributed by atoms with Gasteiger partial charge in [0, 0.05) is 38.4 Å². The van der Waals surface area contributed by atoms with Crippen LogP contribution in [0.25, 0.3) is 77.2 Å². The minimum atomic E-state index is -5.06. The van der Waals surface area contributed by atoms with E-state index in [1.165, 1.54) is 45.5 Å². The van der Waals surface area contributed by atoms with Gasteiger partial charge < -0.3 is 9.13 Å². The van der Waals surface area contributed by atoms with Crippen molar-refractivity contribution in [3.8, 4) is 45.8 Å². The third-order valence-corrected chi connectivity index (χ3v) is 11.5. The molecule has 0 bridgehead atoms. The molecule has 7 aromatic carbocycles. The first-order valence-electron chi connectivity index (χ1n) is 19.5. The minimum absolute atomic E-state index is 0.00363. The van der Waals surface area contributed by atoms with Gasteiger partial charge in [0.1, 0.15) is 0 Å². The maximum atomic E-state index is 14.7. The van der Waals surface area contributed by atoms with Crippen LogP contribution in [0.4, 0.5) is 65.9 Å². The first-order valence-corrected chi connectivity index (χ1v) is 19.5. The van der Waals surface area contributed by atoms with Gasteiger partial charge in [-0.15, -0.1) is 0 Å². The van der Waals surface area contributed by atoms with Crippen molar-refractivity contribution in [1.29, 1.82) is 10.5 Å². The van der Waals surface area contributed by atoms with Crippen LogP contribution < -0.4 is 0 Å². The SMILES string of the molecule is N#Cc1ccc(-c2ccc(-n3c4ccc(C(F)(F)F)cc4c4cc(C(F)(F)F)ccc43)c(-c3cc(-n4c5ccc(C(F)(F)F)cc5c5cc(C(F)(F)F)ccc54)ccc3C#N)c2)c(C(F)(F)F)c1. The van der Waals surface area contributed by atoms with Crippen molar-refractivity contribution in [2.24, 2.45) is 0 Å². The second-order valence-corrected chi connectivity index (χ2v) is 15.5. The molecule has 0 aliphatic heterocycles. The van der Waals surface area contributed by atoms with E-state index < -0.39 is 64.3 Å². The number of aromatic nitrogens is 2. The smallest absolute Gasteiger partial charge is 0.309 e. The molecular formula is C49H21F15N4. The van der Waals surface area contributed by atoms with Gasteiger partial charge in [0.15, 0.2) is 0 Å². The minimum Gasteiger partial charge on any atom is -0.309 e. The van der Waals surface area contributed by atoms with Crippen LogP contribution in [0.3, 0.4) is 0 Å². The van der Waals surface area contributed by atoms with E-state index in [-0.39, 0.29) is 82.8 Å². The first kappa shape index (κ1) is 45.2. The normalized spacial score (nSPS) is 12.9. The van der Waals surface area contributed by atoms with Gasteiger partial charge in [0.05, 0.1) is 78.8 Å². The summed E-state index contributed by atoms with van der Waals surface area (Å²) in [5.74, 6) is 0. The van der Waals surface area contributed by atoms with Crippen LogP contribution in [-0.2, 0) is 30.9 Å². The summed E-state index contributed by atoms with van der Waals surface area (Å²) in [6.07, 6.45) is -24.8. The molecule has 0 saturated heterocycles. The van der Waals surface area contributed by atoms with Gasteiger partial charge in [0.2, 0.25) is 0 Å². The van der Waals surface area contributed by atoms with Crippen molar-refractivity contribution in [3.63, 3.8) is 0 Å². The van der Waals surface area contributed by atoms with Gasteiger partial charge in [-0.1, -0.05) is 12.1 Å². The van der Waals surface area contributed by atoms with Crippen molar-refractivity contribution in [2.75, 3.05) is 0 Å². The summed E-state index contributed by atoms with van der Waals surface area (Å²) >= 11 is 0. The zero-order chi connectivity index (χ0) is 49.0. The maximum Gasteiger partial charge on any atom is 0.417 e. The highest BCUT2D eigenvalue weighted by atomic mass is 19.4. The predicted octanol–water partition coefficient (Wildman–Crippen LogP) is 16.1. The molecule has 0 aliphatic rings. The van der Waals surface area contributed by atoms with E-state index in [1.54, 1.807) is 6.07 Å². The standard InChI is InChI=1S/C49H21F15N4/c50-45(51,52)27-4-11-40-35(17-27)36-18-28(46(53,54)55)5-12-41(36)67(40)31-8-2-26(23-66)33(21-31)34-16-25(32-9-1-24(22-65)15-39(32)49(62,63)64)3-10-42(34)68-43-13-6-29(47(56,57)58)19-37(43)38-20-30(48(59,60)61)7-14-44(38)68/h1-21H. The van der Waals surface area contributed by atoms with Crippen LogP contribution in [0.1, 0.15) is 38.9 Å². The van der Waals surface area contributed by atoms with Crippen molar-refractivity contribution >= 4 is 43.6 Å². The van der Waals surface area contributed by atoms with E-state index >= 15 is 0 Å². The Hall–Kier alpha value is -7.93. The average Bonchev–Trinajstić information content (AvgIpc) is 3.78. The molecule has 0 radical (unpaired) electrons. The molecule has 2 aromatic heterocycles. The topological polar surface area (TPSA) is 57.4 Å². The van der Waals surface area contributed by atoms with Crippen LogP contribution in [-0.4, -0.2) is 9.13 Å². The summed E-state index contributed by atoms with van der Waals surface area (Å²) in [5, 5.41) is 18.8. The van der Waals surface area contributed by atoms with Crippen LogP contribution in [0.5, 0.6) is 0 Å². The first-order chi connectivity index (χ1) is 31.8. The number of nitriles is 2. The summed E-state index contributed by atoms with van der Waals surface area (Å²) in [4.78, 5) is 0. The molecule has 0 spiro atoms. The summed E-state index contributed by atoms with van der Waals surface area (Å²) in [5.41, 5.74) is -8.14. The Bertz CT molecular complexity index is 3500. The highest BCUT2D eigenvalue weighted by Crippen LogP contribution is 2.46. The fourth-order valence-corrected chi connectivity index (χ4v) is 8.50. The number of nitrogens with zero attached hydrogens (tertiary/aromatic N) is 4. The molecule has 0 atom stereocenters. The molecule has 19 heteroatoms. The highest BCUT2D eigenvalue weighted by molar-refractivity contribution is 6.11. The molecule has 0 aliphatic carbocycles. The predicted molar refractivity (Wildman–Crippen MR) is 220 cm³/mol. The lowest BCUT2D eigenvalue weighted by Crippen LogP contribution is -2.08. The number of hydrogen-bond donors (Lipinski definition) is 0. The Balaban J connectivity index is 1.40. The second-order valence-electron chi connectivity index (χ2n) is 15.5. The zero-order valence-electron chi connectivity index (χ0n) is 33.6. The molecule has 4 nitrogen and oxygen atoms in total. The number of alkyl halides is 15. The summed E-state index contributed by atoms with van der Waals surface area (Å²) < 4.78 is 215. The Morgan fingerprint density at radius 1 is 0.353 bits per heavy atom. The molecule has 0 saturated carbocycles. The van der Waals surface area contributed by atoms with Crippen molar-refractivity contribution in [3.05, 3.63) is 166 Å². The number of fused-ring (bicyclic) bond motifs is 6. The van der Waals surface area contributed by atoms with Crippen molar-refractivity contribution in [1.82, 2.24) is 9.13 Å². The molecule has 0 N–H and O–H groups in total. The summed E-state index contributed by atoms with van der Waals surface area (Å²) in [6.45, 7) is 0. The zero-order valence-corrected chi connectivity index (χ0v) is 33.6. The molecule has 2 heterocycles. The van der Waals surface area contributed by atoms with Crippen LogP contribution in [0.2, 0.25) is 0 Å². The van der Waals surface area contributed by atoms with Gasteiger partial charge in [-0.05, 0) is 126 Å². The van der Waals surface area contributed by atoms with Gasteiger partial charge in [-0.2, -0.15) is 76.4 Å². The molecule has 68 heavy (non-hydrogen) atoms. The van der Waals surface area contributed by atoms with Crippen molar-refractivity contribution in [2.45, 2.75) is 30.9 Å². The van der Waals surface area contributed by atoms with Crippen molar-refractivity contribution < 1.29 is 65.9 Å². The third kappa shape index (κ3) is 7.67. The van der Waals surface area contributed by atoms with E-state index in [1.807, 2.05) is 6.07 Å². The average molecular weight is 951 g/mol. The molecule has 9 aromatic rings. The lowest BCUT2D eigenvalue weighted by atomic mass is 9.91. The van der Waals surface area contributed by atoms with Crippen LogP contribution in [0, 0.1) is 22.7 Å². The number of rotatable bonds is 4. The van der Waals surface area contributed by atoms with Gasteiger partial charge in [-0.3, -0.25) is 0 Å². The molecule has 9 rings (SSSR count). The lowest BCUT2D eigenvalue weighted by Gasteiger charge is -2.20. The molecule has 342 valence electrons. The van der Waals surface area contributed by atoms with Gasteiger partial charge in [-0.25, -0.2) is 0 Å². The van der Waals surface area contributed by atoms with E-state index in [2.05, 4.69) is 0 Å². The quantitative estimate of drug-likeness (QED) is 0.165. The molecule has 0 amide bonds. The number of benzene rings is 7. The summed E-state index contributed by atoms with van der Waals surface area (Å²) in [6, 6.07) is 23.0. The Labute approximate surface area is 371 Å². The maximum absolute atomic E-state index is 14.7. The highest BCUT2D eigenvalue weighted by Gasteiger charge is 2.37. The molecular weight excluding hydrogens is 930 g/mol. The Morgan fingerprint density at radius 3 is 1.19 bits per heavy atom. The van der Waals surface area contributed by atoms with Crippen LogP contribution >= 0.6 is 0 Å². The fraction of sp³-hybridized carbons (Fsp3) is 0.102. The second kappa shape index (κ2) is 15.3. The largest absolute Gasteiger partial charge is 0.417 e. The third-order valence-electron chi connectivity index (χ3n) is 11.5. The number of halogens is 15. The van der Waals surface area contributed by atoms with Gasteiger partial charge >= 0.3 is 30.9 Å². The fourth-order valence-electron chi connectivity index (χ4n) is 8.50. The van der Waals surface area contributed by atoms with E-state index in [9.17, 15) is 76.4 Å². The van der Waals surface area contributed by atoms with E-state index in [0.29, 0.717) is 54.6 Å². The van der Waals surface area contributed by atoms with Crippen LogP contribution in [0.15, 0.2) is 127 Å². The molecule has 0 fully saturated rings. The Morgan fingerprint density at radius 2 is 0.794 bits per heavy atom. The monoisotopic (exact) mass is 950 g/mol. The Kier molecular flexibility index (Phi) is 10.2. The lowest BCUT2D eigenvalue weighted by molar-refractivity contribution is -0.138. The summed E-state index contributed by atoms with van der Waals surface area (Å²) in [7, 11) is 0. The molecule has 0 unspecified atom stereocenters. The van der Waals surface area contributed by atoms with E-state index in [4.69, 9.17) is 0 Å². The van der Waals surface area contributed by atoms with E-state index in [0.717, 1.165) is 36.4 Å². The number of hydrogen-bond acceptors (Lipinski definition) is 2. The van der Waals surface area contributed by atoms with Gasteiger partial charge in [0.25, 0.3) is 0 Å².